The van der Waals surface area contributed by atoms with Crippen molar-refractivity contribution in [1.82, 2.24) is 4.90 Å². The summed E-state index contributed by atoms with van der Waals surface area (Å²) in [5.74, 6) is 0.0830. The van der Waals surface area contributed by atoms with Gasteiger partial charge in [0.25, 0.3) is 0 Å². The minimum absolute atomic E-state index is 0.0416. The lowest BCUT2D eigenvalue weighted by Gasteiger charge is -2.23. The number of amides is 1. The van der Waals surface area contributed by atoms with Gasteiger partial charge in [0, 0.05) is 13.1 Å². The summed E-state index contributed by atoms with van der Waals surface area (Å²) in [6, 6.07) is -0.231. The number of thioether (sulfide) groups is 1. The molecule has 1 saturated heterocycles. The number of nitrogens with one attached hydrogen (secondary N) is 1. The standard InChI is InChI=1S/C8H15N3O3S2/c1-11(7(12)4-15-8(9)10)6-2-3-16(13,14)5-6/h6H,2-5H2,1H3,(H3,9,10). The molecule has 16 heavy (non-hydrogen) atoms. The summed E-state index contributed by atoms with van der Waals surface area (Å²) in [7, 11) is -1.38. The van der Waals surface area contributed by atoms with E-state index in [1.807, 2.05) is 0 Å². The van der Waals surface area contributed by atoms with Crippen molar-refractivity contribution in [3.8, 4) is 0 Å². The van der Waals surface area contributed by atoms with Crippen LogP contribution in [-0.4, -0.2) is 54.7 Å². The third-order valence-corrected chi connectivity index (χ3v) is 4.95. The van der Waals surface area contributed by atoms with E-state index in [4.69, 9.17) is 11.1 Å². The molecule has 1 aliphatic heterocycles. The van der Waals surface area contributed by atoms with Gasteiger partial charge in [-0.25, -0.2) is 8.42 Å². The maximum Gasteiger partial charge on any atom is 0.233 e. The smallest absolute Gasteiger partial charge is 0.233 e. The molecule has 92 valence electrons. The summed E-state index contributed by atoms with van der Waals surface area (Å²) < 4.78 is 22.5. The summed E-state index contributed by atoms with van der Waals surface area (Å²) in [6.45, 7) is 0. The average Bonchev–Trinajstić information content (AvgIpc) is 2.54. The lowest BCUT2D eigenvalue weighted by molar-refractivity contribution is -0.128. The molecule has 0 aliphatic carbocycles. The lowest BCUT2D eigenvalue weighted by atomic mass is 10.2. The maximum atomic E-state index is 11.6. The third-order valence-electron chi connectivity index (χ3n) is 2.50. The second kappa shape index (κ2) is 5.05. The number of carbonyl (C=O) groups excluding carboxylic acids is 1. The fourth-order valence-electron chi connectivity index (χ4n) is 1.53. The van der Waals surface area contributed by atoms with E-state index in [0.29, 0.717) is 6.42 Å². The quantitative estimate of drug-likeness (QED) is 0.516. The summed E-state index contributed by atoms with van der Waals surface area (Å²) in [4.78, 5) is 13.0. The first-order valence-corrected chi connectivity index (χ1v) is 7.55. The first kappa shape index (κ1) is 13.3. The Morgan fingerprint density at radius 1 is 1.62 bits per heavy atom. The van der Waals surface area contributed by atoms with Crippen molar-refractivity contribution in [2.45, 2.75) is 12.5 Å². The molecule has 6 nitrogen and oxygen atoms in total. The zero-order valence-corrected chi connectivity index (χ0v) is 10.6. The van der Waals surface area contributed by atoms with E-state index < -0.39 is 9.84 Å². The van der Waals surface area contributed by atoms with Crippen molar-refractivity contribution in [1.29, 1.82) is 5.41 Å². The first-order chi connectivity index (χ1) is 7.32. The normalized spacial score (nSPS) is 22.9. The molecule has 1 fully saturated rings. The Labute approximate surface area is 99.0 Å². The van der Waals surface area contributed by atoms with Gasteiger partial charge in [0.05, 0.1) is 17.3 Å². The minimum atomic E-state index is -2.97. The average molecular weight is 265 g/mol. The first-order valence-electron chi connectivity index (χ1n) is 4.75. The number of hydrogen-bond acceptors (Lipinski definition) is 5. The molecule has 1 aliphatic rings. The molecular formula is C8H15N3O3S2. The van der Waals surface area contributed by atoms with Crippen LogP contribution in [0, 0.1) is 5.41 Å². The molecule has 1 atom stereocenters. The Kier molecular flexibility index (Phi) is 4.20. The Morgan fingerprint density at radius 3 is 2.69 bits per heavy atom. The van der Waals surface area contributed by atoms with Crippen LogP contribution in [0.25, 0.3) is 0 Å². The van der Waals surface area contributed by atoms with Crippen LogP contribution in [0.2, 0.25) is 0 Å². The summed E-state index contributed by atoms with van der Waals surface area (Å²) in [5, 5.41) is 6.86. The van der Waals surface area contributed by atoms with Gasteiger partial charge in [-0.1, -0.05) is 11.8 Å². The van der Waals surface area contributed by atoms with Gasteiger partial charge in [-0.2, -0.15) is 0 Å². The molecule has 0 aromatic rings. The van der Waals surface area contributed by atoms with Crippen LogP contribution in [0.15, 0.2) is 0 Å². The fraction of sp³-hybridized carbons (Fsp3) is 0.750. The summed E-state index contributed by atoms with van der Waals surface area (Å²) in [6.07, 6.45) is 0.495. The number of nitrogens with two attached hydrogens (primary N) is 1. The molecule has 0 radical (unpaired) electrons. The van der Waals surface area contributed by atoms with Crippen molar-refractivity contribution in [3.05, 3.63) is 0 Å². The molecule has 1 rings (SSSR count). The molecule has 0 bridgehead atoms. The number of nitrogens with zero attached hydrogens (tertiary/aromatic N) is 1. The van der Waals surface area contributed by atoms with Gasteiger partial charge in [-0.15, -0.1) is 0 Å². The van der Waals surface area contributed by atoms with Crippen LogP contribution >= 0.6 is 11.8 Å². The molecule has 0 spiro atoms. The van der Waals surface area contributed by atoms with Crippen LogP contribution in [0.5, 0.6) is 0 Å². The van der Waals surface area contributed by atoms with Crippen molar-refractivity contribution >= 4 is 32.7 Å². The van der Waals surface area contributed by atoms with Crippen LogP contribution in [0.4, 0.5) is 0 Å². The molecule has 0 aromatic carbocycles. The second-order valence-corrected chi connectivity index (χ2v) is 6.96. The Bertz CT molecular complexity index is 393. The predicted molar refractivity (Wildman–Crippen MR) is 64.2 cm³/mol. The topological polar surface area (TPSA) is 104 Å². The lowest BCUT2D eigenvalue weighted by Crippen LogP contribution is -2.39. The van der Waals surface area contributed by atoms with Crippen molar-refractivity contribution in [2.75, 3.05) is 24.3 Å². The molecule has 0 saturated carbocycles. The van der Waals surface area contributed by atoms with Crippen LogP contribution in [-0.2, 0) is 14.6 Å². The van der Waals surface area contributed by atoms with Gasteiger partial charge in [0.2, 0.25) is 5.91 Å². The number of rotatable bonds is 3. The number of carbonyl (C=O) groups is 1. The molecule has 1 unspecified atom stereocenters. The fourth-order valence-corrected chi connectivity index (χ4v) is 3.78. The highest BCUT2D eigenvalue weighted by molar-refractivity contribution is 8.14. The predicted octanol–water partition coefficient (Wildman–Crippen LogP) is -0.741. The van der Waals surface area contributed by atoms with E-state index in [1.165, 1.54) is 4.90 Å². The monoisotopic (exact) mass is 265 g/mol. The molecule has 1 heterocycles. The number of hydrogen-bond donors (Lipinski definition) is 2. The van der Waals surface area contributed by atoms with Gasteiger partial charge in [0.1, 0.15) is 0 Å². The van der Waals surface area contributed by atoms with Gasteiger partial charge in [-0.3, -0.25) is 10.2 Å². The van der Waals surface area contributed by atoms with Crippen LogP contribution < -0.4 is 5.73 Å². The zero-order chi connectivity index (χ0) is 12.3. The van der Waals surface area contributed by atoms with E-state index in [2.05, 4.69) is 0 Å². The Hall–Kier alpha value is -0.760. The second-order valence-electron chi connectivity index (χ2n) is 3.71. The van der Waals surface area contributed by atoms with E-state index in [-0.39, 0.29) is 34.4 Å². The van der Waals surface area contributed by atoms with Crippen molar-refractivity contribution in [3.63, 3.8) is 0 Å². The molecule has 3 N–H and O–H groups in total. The highest BCUT2D eigenvalue weighted by Crippen LogP contribution is 2.17. The molecule has 0 aromatic heterocycles. The van der Waals surface area contributed by atoms with Crippen LogP contribution in [0.3, 0.4) is 0 Å². The van der Waals surface area contributed by atoms with Crippen LogP contribution in [0.1, 0.15) is 6.42 Å². The van der Waals surface area contributed by atoms with Gasteiger partial charge >= 0.3 is 0 Å². The maximum absolute atomic E-state index is 11.6. The zero-order valence-electron chi connectivity index (χ0n) is 8.97. The number of sulfone groups is 1. The minimum Gasteiger partial charge on any atom is -0.379 e. The van der Waals surface area contributed by atoms with Gasteiger partial charge in [0.15, 0.2) is 15.0 Å². The SMILES string of the molecule is CN(C(=O)CSC(=N)N)C1CCS(=O)(=O)C1. The van der Waals surface area contributed by atoms with E-state index >= 15 is 0 Å². The summed E-state index contributed by atoms with van der Waals surface area (Å²) >= 11 is 0.947. The van der Waals surface area contributed by atoms with E-state index in [1.54, 1.807) is 7.05 Å². The van der Waals surface area contributed by atoms with Crippen molar-refractivity contribution in [2.24, 2.45) is 5.73 Å². The van der Waals surface area contributed by atoms with Gasteiger partial charge < -0.3 is 10.6 Å². The molecular weight excluding hydrogens is 250 g/mol. The Morgan fingerprint density at radius 2 is 2.25 bits per heavy atom. The van der Waals surface area contributed by atoms with E-state index in [0.717, 1.165) is 11.8 Å². The van der Waals surface area contributed by atoms with Crippen molar-refractivity contribution < 1.29 is 13.2 Å². The highest BCUT2D eigenvalue weighted by atomic mass is 32.2. The summed E-state index contributed by atoms with van der Waals surface area (Å²) in [5.41, 5.74) is 5.12. The molecule has 8 heteroatoms. The number of amidine groups is 1. The Balaban J connectivity index is 2.49. The molecule has 1 amide bonds. The third kappa shape index (κ3) is 3.67. The van der Waals surface area contributed by atoms with E-state index in [9.17, 15) is 13.2 Å². The van der Waals surface area contributed by atoms with Gasteiger partial charge in [-0.05, 0) is 6.42 Å². The largest absolute Gasteiger partial charge is 0.379 e. The highest BCUT2D eigenvalue weighted by Gasteiger charge is 2.32.